The van der Waals surface area contributed by atoms with Gasteiger partial charge in [-0.2, -0.15) is 4.98 Å². The van der Waals surface area contributed by atoms with Crippen LogP contribution in [-0.2, 0) is 5.11 Å². The van der Waals surface area contributed by atoms with Gasteiger partial charge in [-0.05, 0) is 12.0 Å². The van der Waals surface area contributed by atoms with Crippen LogP contribution in [0.3, 0.4) is 0 Å². The third-order valence-corrected chi connectivity index (χ3v) is 1.54. The molecule has 0 aliphatic rings. The van der Waals surface area contributed by atoms with Gasteiger partial charge in [0.25, 0.3) is 5.91 Å². The molecule has 0 aromatic carbocycles. The van der Waals surface area contributed by atoms with E-state index in [1.807, 2.05) is 13.8 Å². The molecular weight excluding hydrogens is 182 g/mol. The van der Waals surface area contributed by atoms with E-state index in [1.165, 1.54) is 12.3 Å². The van der Waals surface area contributed by atoms with E-state index in [2.05, 4.69) is 15.3 Å². The van der Waals surface area contributed by atoms with E-state index in [0.29, 0.717) is 12.5 Å². The SMILES string of the molecule is CC(C)CNC(=O)c1ccnc([O])n1. The van der Waals surface area contributed by atoms with Crippen molar-refractivity contribution >= 4 is 5.91 Å². The maximum absolute atomic E-state index is 11.4. The van der Waals surface area contributed by atoms with Gasteiger partial charge in [0.15, 0.2) is 0 Å². The Kier molecular flexibility index (Phi) is 3.39. The molecule has 1 heterocycles. The molecule has 0 saturated heterocycles. The lowest BCUT2D eigenvalue weighted by Crippen LogP contribution is -2.28. The van der Waals surface area contributed by atoms with E-state index in [9.17, 15) is 9.90 Å². The summed E-state index contributed by atoms with van der Waals surface area (Å²) in [5, 5.41) is 13.4. The van der Waals surface area contributed by atoms with Gasteiger partial charge in [0.05, 0.1) is 0 Å². The minimum Gasteiger partial charge on any atom is -0.350 e. The molecule has 14 heavy (non-hydrogen) atoms. The van der Waals surface area contributed by atoms with Crippen LogP contribution >= 0.6 is 0 Å². The smallest absolute Gasteiger partial charge is 0.350 e. The normalized spacial score (nSPS) is 10.2. The monoisotopic (exact) mass is 194 g/mol. The highest BCUT2D eigenvalue weighted by Crippen LogP contribution is 2.01. The summed E-state index contributed by atoms with van der Waals surface area (Å²) in [5.74, 6) is 0.0331. The molecule has 75 valence electrons. The first-order valence-corrected chi connectivity index (χ1v) is 4.38. The Morgan fingerprint density at radius 2 is 2.29 bits per heavy atom. The van der Waals surface area contributed by atoms with Gasteiger partial charge in [0.2, 0.25) is 0 Å². The van der Waals surface area contributed by atoms with E-state index in [4.69, 9.17) is 0 Å². The first-order valence-electron chi connectivity index (χ1n) is 4.38. The Hall–Kier alpha value is -1.65. The fraction of sp³-hybridized carbons (Fsp3) is 0.444. The van der Waals surface area contributed by atoms with Crippen LogP contribution in [0.15, 0.2) is 12.3 Å². The van der Waals surface area contributed by atoms with Gasteiger partial charge >= 0.3 is 6.01 Å². The molecule has 0 fully saturated rings. The molecule has 1 N–H and O–H groups in total. The summed E-state index contributed by atoms with van der Waals surface area (Å²) in [7, 11) is 0. The molecular formula is C9H12N3O2. The van der Waals surface area contributed by atoms with Gasteiger partial charge in [0, 0.05) is 12.7 Å². The minimum atomic E-state index is -0.637. The van der Waals surface area contributed by atoms with E-state index in [1.54, 1.807) is 0 Å². The van der Waals surface area contributed by atoms with Gasteiger partial charge < -0.3 is 5.32 Å². The lowest BCUT2D eigenvalue weighted by atomic mass is 10.2. The zero-order valence-electron chi connectivity index (χ0n) is 8.15. The Bertz CT molecular complexity index is 326. The number of carbonyl (C=O) groups excluding carboxylic acids is 1. The first-order chi connectivity index (χ1) is 6.59. The van der Waals surface area contributed by atoms with Crippen LogP contribution in [0.1, 0.15) is 24.3 Å². The van der Waals surface area contributed by atoms with E-state index >= 15 is 0 Å². The van der Waals surface area contributed by atoms with Crippen LogP contribution in [0.2, 0.25) is 0 Å². The van der Waals surface area contributed by atoms with Crippen molar-refractivity contribution < 1.29 is 9.90 Å². The average Bonchev–Trinajstić information content (AvgIpc) is 2.14. The highest BCUT2D eigenvalue weighted by Gasteiger charge is 2.08. The van der Waals surface area contributed by atoms with Gasteiger partial charge in [-0.25, -0.2) is 10.1 Å². The predicted octanol–water partition coefficient (Wildman–Crippen LogP) is 1.01. The molecule has 5 nitrogen and oxygen atoms in total. The molecule has 0 bridgehead atoms. The van der Waals surface area contributed by atoms with Crippen LogP contribution in [0.25, 0.3) is 0 Å². The lowest BCUT2D eigenvalue weighted by Gasteiger charge is -2.06. The van der Waals surface area contributed by atoms with Crippen LogP contribution in [0, 0.1) is 5.92 Å². The quantitative estimate of drug-likeness (QED) is 0.780. The maximum atomic E-state index is 11.4. The molecule has 1 rings (SSSR count). The largest absolute Gasteiger partial charge is 0.367 e. The van der Waals surface area contributed by atoms with Crippen LogP contribution in [0.5, 0.6) is 6.01 Å². The first kappa shape index (κ1) is 10.4. The second-order valence-corrected chi connectivity index (χ2v) is 3.33. The summed E-state index contributed by atoms with van der Waals surface area (Å²) in [5.41, 5.74) is 0.116. The number of carbonyl (C=O) groups is 1. The zero-order chi connectivity index (χ0) is 10.6. The second-order valence-electron chi connectivity index (χ2n) is 3.33. The Morgan fingerprint density at radius 3 is 2.86 bits per heavy atom. The molecule has 5 heteroatoms. The summed E-state index contributed by atoms with van der Waals surface area (Å²) < 4.78 is 0. The topological polar surface area (TPSA) is 74.8 Å². The van der Waals surface area contributed by atoms with Gasteiger partial charge in [-0.1, -0.05) is 13.8 Å². The zero-order valence-corrected chi connectivity index (χ0v) is 8.15. The maximum Gasteiger partial charge on any atom is 0.367 e. The number of nitrogens with one attached hydrogen (secondary N) is 1. The van der Waals surface area contributed by atoms with E-state index in [-0.39, 0.29) is 11.6 Å². The molecule has 0 saturated carbocycles. The minimum absolute atomic E-state index is 0.116. The van der Waals surface area contributed by atoms with Crippen LogP contribution < -0.4 is 5.32 Å². The summed E-state index contributed by atoms with van der Waals surface area (Å²) >= 11 is 0. The third kappa shape index (κ3) is 3.01. The molecule has 1 radical (unpaired) electrons. The Labute approximate surface area is 82.2 Å². The molecule has 1 aromatic rings. The van der Waals surface area contributed by atoms with Crippen molar-refractivity contribution in [2.75, 3.05) is 6.54 Å². The number of amides is 1. The molecule has 0 unspecified atom stereocenters. The Balaban J connectivity index is 2.61. The average molecular weight is 194 g/mol. The molecule has 0 aliphatic carbocycles. The van der Waals surface area contributed by atoms with Crippen molar-refractivity contribution in [1.82, 2.24) is 15.3 Å². The molecule has 0 atom stereocenters. The number of hydrogen-bond acceptors (Lipinski definition) is 3. The van der Waals surface area contributed by atoms with Crippen LogP contribution in [-0.4, -0.2) is 22.4 Å². The van der Waals surface area contributed by atoms with Crippen molar-refractivity contribution in [3.05, 3.63) is 18.0 Å². The Morgan fingerprint density at radius 1 is 1.57 bits per heavy atom. The van der Waals surface area contributed by atoms with E-state index < -0.39 is 6.01 Å². The number of hydrogen-bond donors (Lipinski definition) is 1. The molecule has 1 aromatic heterocycles. The van der Waals surface area contributed by atoms with Crippen molar-refractivity contribution in [3.63, 3.8) is 0 Å². The molecule has 0 aliphatic heterocycles. The summed E-state index contributed by atoms with van der Waals surface area (Å²) in [4.78, 5) is 18.2. The standard InChI is InChI=1S/C9H12N3O2/c1-6(2)5-11-8(13)7-3-4-10-9(14)12-7/h3-4,6H,5H2,1-2H3,(H,11,13). The van der Waals surface area contributed by atoms with Crippen LogP contribution in [0.4, 0.5) is 0 Å². The summed E-state index contributed by atoms with van der Waals surface area (Å²) in [6, 6.07) is 0.777. The predicted molar refractivity (Wildman–Crippen MR) is 49.3 cm³/mol. The van der Waals surface area contributed by atoms with Crippen molar-refractivity contribution in [3.8, 4) is 6.01 Å². The van der Waals surface area contributed by atoms with Gasteiger partial charge in [-0.3, -0.25) is 4.79 Å². The van der Waals surface area contributed by atoms with Crippen molar-refractivity contribution in [2.24, 2.45) is 5.92 Å². The fourth-order valence-corrected chi connectivity index (χ4v) is 0.855. The fourth-order valence-electron chi connectivity index (χ4n) is 0.855. The molecule has 1 amide bonds. The summed E-state index contributed by atoms with van der Waals surface area (Å²) in [6.07, 6.45) is 1.28. The highest BCUT2D eigenvalue weighted by molar-refractivity contribution is 5.92. The molecule has 0 spiro atoms. The number of aromatic nitrogens is 2. The highest BCUT2D eigenvalue weighted by atomic mass is 16.3. The number of rotatable bonds is 3. The van der Waals surface area contributed by atoms with Crippen molar-refractivity contribution in [2.45, 2.75) is 13.8 Å². The second kappa shape index (κ2) is 4.55. The van der Waals surface area contributed by atoms with Crippen molar-refractivity contribution in [1.29, 1.82) is 0 Å². The number of nitrogens with zero attached hydrogens (tertiary/aromatic N) is 2. The van der Waals surface area contributed by atoms with E-state index in [0.717, 1.165) is 0 Å². The lowest BCUT2D eigenvalue weighted by molar-refractivity contribution is 0.0942. The van der Waals surface area contributed by atoms with Gasteiger partial charge in [0.1, 0.15) is 5.69 Å². The summed E-state index contributed by atoms with van der Waals surface area (Å²) in [6.45, 7) is 4.54. The van der Waals surface area contributed by atoms with Gasteiger partial charge in [-0.15, -0.1) is 0 Å². The third-order valence-electron chi connectivity index (χ3n) is 1.54.